The number of rotatable bonds is 6. The van der Waals surface area contributed by atoms with Crippen LogP contribution in [0.4, 0.5) is 0 Å². The highest BCUT2D eigenvalue weighted by molar-refractivity contribution is 14.0. The first-order valence-electron chi connectivity index (χ1n) is 7.89. The van der Waals surface area contributed by atoms with Gasteiger partial charge in [0.2, 0.25) is 0 Å². The molecule has 0 spiro atoms. The van der Waals surface area contributed by atoms with Crippen molar-refractivity contribution in [2.45, 2.75) is 20.4 Å². The molecular formula is C15H28IN5OS. The number of nitrogens with zero attached hydrogens (tertiary/aromatic N) is 4. The lowest BCUT2D eigenvalue weighted by Crippen LogP contribution is -2.40. The van der Waals surface area contributed by atoms with Crippen LogP contribution in [0, 0.1) is 6.92 Å². The normalized spacial score (nSPS) is 16.0. The summed E-state index contributed by atoms with van der Waals surface area (Å²) in [4.78, 5) is 13.8. The van der Waals surface area contributed by atoms with E-state index >= 15 is 0 Å². The van der Waals surface area contributed by atoms with E-state index in [1.54, 1.807) is 11.3 Å². The van der Waals surface area contributed by atoms with Crippen molar-refractivity contribution in [2.75, 3.05) is 53.0 Å². The molecule has 0 bridgehead atoms. The second-order valence-corrected chi connectivity index (χ2v) is 6.47. The van der Waals surface area contributed by atoms with E-state index in [1.165, 1.54) is 0 Å². The van der Waals surface area contributed by atoms with Crippen LogP contribution in [-0.2, 0) is 11.3 Å². The molecule has 8 heteroatoms. The minimum atomic E-state index is 0. The number of hydrogen-bond acceptors (Lipinski definition) is 5. The van der Waals surface area contributed by atoms with Crippen LogP contribution in [0.1, 0.15) is 17.6 Å². The zero-order valence-electron chi connectivity index (χ0n) is 14.2. The van der Waals surface area contributed by atoms with Crippen LogP contribution in [-0.4, -0.2) is 73.7 Å². The smallest absolute Gasteiger partial charge is 0.194 e. The highest BCUT2D eigenvalue weighted by Gasteiger charge is 2.11. The number of aryl methyl sites for hydroxylation is 1. The number of aliphatic imine (C=N–C) groups is 1. The van der Waals surface area contributed by atoms with Gasteiger partial charge in [0.25, 0.3) is 0 Å². The maximum Gasteiger partial charge on any atom is 0.194 e. The van der Waals surface area contributed by atoms with Crippen molar-refractivity contribution in [3.63, 3.8) is 0 Å². The number of thiazole rings is 1. The Morgan fingerprint density at radius 1 is 1.48 bits per heavy atom. The van der Waals surface area contributed by atoms with E-state index in [1.807, 2.05) is 6.92 Å². The lowest BCUT2D eigenvalue weighted by atomic mass is 10.4. The maximum absolute atomic E-state index is 5.37. The van der Waals surface area contributed by atoms with Crippen LogP contribution in [0.3, 0.4) is 0 Å². The summed E-state index contributed by atoms with van der Waals surface area (Å²) < 4.78 is 5.37. The molecule has 0 radical (unpaired) electrons. The predicted molar refractivity (Wildman–Crippen MR) is 107 cm³/mol. The number of halogens is 1. The van der Waals surface area contributed by atoms with Gasteiger partial charge in [-0.25, -0.2) is 4.98 Å². The van der Waals surface area contributed by atoms with Gasteiger partial charge < -0.3 is 15.0 Å². The SMILES string of the molecule is CCNC(=NCCN1CCOCC1)N(C)Cc1csc(C)n1.I. The highest BCUT2D eigenvalue weighted by Crippen LogP contribution is 2.09. The average molecular weight is 453 g/mol. The van der Waals surface area contributed by atoms with E-state index in [4.69, 9.17) is 9.73 Å². The minimum absolute atomic E-state index is 0. The Kier molecular flexibility index (Phi) is 10.00. The van der Waals surface area contributed by atoms with Crippen molar-refractivity contribution in [3.8, 4) is 0 Å². The first-order valence-corrected chi connectivity index (χ1v) is 8.77. The summed E-state index contributed by atoms with van der Waals surface area (Å²) in [5, 5.41) is 6.58. The zero-order valence-corrected chi connectivity index (χ0v) is 17.4. The Hall–Kier alpha value is -0.450. The van der Waals surface area contributed by atoms with Crippen LogP contribution in [0.25, 0.3) is 0 Å². The zero-order chi connectivity index (χ0) is 15.8. The Labute approximate surface area is 160 Å². The summed E-state index contributed by atoms with van der Waals surface area (Å²) >= 11 is 1.69. The van der Waals surface area contributed by atoms with Crippen molar-refractivity contribution in [1.29, 1.82) is 0 Å². The molecule has 0 amide bonds. The van der Waals surface area contributed by atoms with Crippen LogP contribution in [0.15, 0.2) is 10.4 Å². The number of hydrogen-bond donors (Lipinski definition) is 1. The Morgan fingerprint density at radius 2 is 2.22 bits per heavy atom. The number of ether oxygens (including phenoxy) is 1. The third-order valence-corrected chi connectivity index (χ3v) is 4.37. The van der Waals surface area contributed by atoms with E-state index in [-0.39, 0.29) is 24.0 Å². The van der Waals surface area contributed by atoms with Gasteiger partial charge in [-0.2, -0.15) is 0 Å². The molecule has 1 aliphatic heterocycles. The monoisotopic (exact) mass is 453 g/mol. The summed E-state index contributed by atoms with van der Waals surface area (Å²) in [6, 6.07) is 0. The lowest BCUT2D eigenvalue weighted by Gasteiger charge is -2.26. The molecule has 1 fully saturated rings. The molecule has 1 aromatic heterocycles. The molecule has 132 valence electrons. The molecule has 1 aromatic rings. The Bertz CT molecular complexity index is 476. The second kappa shape index (κ2) is 11.2. The molecule has 0 atom stereocenters. The minimum Gasteiger partial charge on any atom is -0.379 e. The molecular weight excluding hydrogens is 425 g/mol. The van der Waals surface area contributed by atoms with Crippen molar-refractivity contribution in [1.82, 2.24) is 20.1 Å². The summed E-state index contributed by atoms with van der Waals surface area (Å²) in [6.45, 7) is 11.3. The summed E-state index contributed by atoms with van der Waals surface area (Å²) in [6.07, 6.45) is 0. The van der Waals surface area contributed by atoms with E-state index in [0.29, 0.717) is 0 Å². The molecule has 2 rings (SSSR count). The lowest BCUT2D eigenvalue weighted by molar-refractivity contribution is 0.0394. The first kappa shape index (κ1) is 20.6. The first-order chi connectivity index (χ1) is 10.7. The number of aromatic nitrogens is 1. The van der Waals surface area contributed by atoms with Crippen LogP contribution < -0.4 is 5.32 Å². The maximum atomic E-state index is 5.37. The fraction of sp³-hybridized carbons (Fsp3) is 0.733. The molecule has 0 unspecified atom stereocenters. The van der Waals surface area contributed by atoms with Gasteiger partial charge in [-0.05, 0) is 13.8 Å². The fourth-order valence-electron chi connectivity index (χ4n) is 2.39. The van der Waals surface area contributed by atoms with E-state index < -0.39 is 0 Å². The standard InChI is InChI=1S/C15H27N5OS.HI/c1-4-16-15(17-5-6-20-7-9-21-10-8-20)19(3)11-14-12-22-13(2)18-14;/h12H,4-11H2,1-3H3,(H,16,17);1H. The van der Waals surface area contributed by atoms with Crippen molar-refractivity contribution >= 4 is 41.3 Å². The van der Waals surface area contributed by atoms with Crippen LogP contribution >= 0.6 is 35.3 Å². The van der Waals surface area contributed by atoms with Gasteiger partial charge in [0.05, 0.1) is 37.0 Å². The number of nitrogens with one attached hydrogen (secondary N) is 1. The quantitative estimate of drug-likeness (QED) is 0.405. The molecule has 1 N–H and O–H groups in total. The third-order valence-electron chi connectivity index (χ3n) is 3.54. The molecule has 6 nitrogen and oxygen atoms in total. The summed E-state index contributed by atoms with van der Waals surface area (Å²) in [7, 11) is 2.06. The van der Waals surface area contributed by atoms with Crippen LogP contribution in [0.5, 0.6) is 0 Å². The van der Waals surface area contributed by atoms with Crippen molar-refractivity contribution in [2.24, 2.45) is 4.99 Å². The van der Waals surface area contributed by atoms with Gasteiger partial charge in [-0.3, -0.25) is 9.89 Å². The summed E-state index contributed by atoms with van der Waals surface area (Å²) in [5.41, 5.74) is 1.10. The van der Waals surface area contributed by atoms with Gasteiger partial charge in [-0.15, -0.1) is 35.3 Å². The van der Waals surface area contributed by atoms with Crippen LogP contribution in [0.2, 0.25) is 0 Å². The molecule has 1 aliphatic rings. The third kappa shape index (κ3) is 7.32. The molecule has 23 heavy (non-hydrogen) atoms. The summed E-state index contributed by atoms with van der Waals surface area (Å²) in [5.74, 6) is 0.946. The Morgan fingerprint density at radius 3 is 2.83 bits per heavy atom. The average Bonchev–Trinajstić information content (AvgIpc) is 2.92. The molecule has 0 aromatic carbocycles. The van der Waals surface area contributed by atoms with Gasteiger partial charge in [0.1, 0.15) is 0 Å². The van der Waals surface area contributed by atoms with Crippen molar-refractivity contribution in [3.05, 3.63) is 16.1 Å². The van der Waals surface area contributed by atoms with Gasteiger partial charge in [-0.1, -0.05) is 0 Å². The van der Waals surface area contributed by atoms with Gasteiger partial charge in [0, 0.05) is 38.6 Å². The van der Waals surface area contributed by atoms with Crippen molar-refractivity contribution < 1.29 is 4.74 Å². The Balaban J connectivity index is 0.00000264. The second-order valence-electron chi connectivity index (χ2n) is 5.40. The number of guanidine groups is 1. The molecule has 0 aliphatic carbocycles. The van der Waals surface area contributed by atoms with Gasteiger partial charge in [0.15, 0.2) is 5.96 Å². The van der Waals surface area contributed by atoms with E-state index in [0.717, 1.165) is 69.1 Å². The predicted octanol–water partition coefficient (Wildman–Crippen LogP) is 1.80. The molecule has 0 saturated carbocycles. The molecule has 2 heterocycles. The largest absolute Gasteiger partial charge is 0.379 e. The van der Waals surface area contributed by atoms with Gasteiger partial charge >= 0.3 is 0 Å². The fourth-order valence-corrected chi connectivity index (χ4v) is 2.99. The van der Waals surface area contributed by atoms with E-state index in [9.17, 15) is 0 Å². The number of morpholine rings is 1. The van der Waals surface area contributed by atoms with E-state index in [2.05, 4.69) is 39.5 Å². The molecule has 1 saturated heterocycles. The topological polar surface area (TPSA) is 53.0 Å². The highest BCUT2D eigenvalue weighted by atomic mass is 127.